The average molecular weight is 561 g/mol. The Hall–Kier alpha value is -4.48. The molecule has 0 amide bonds. The van der Waals surface area contributed by atoms with Gasteiger partial charge in [0.2, 0.25) is 0 Å². The minimum absolute atomic E-state index is 0.0852. The van der Waals surface area contributed by atoms with E-state index in [0.29, 0.717) is 69.6 Å². The summed E-state index contributed by atoms with van der Waals surface area (Å²) in [7, 11) is 0. The molecule has 11 heteroatoms. The number of hydrogen-bond donors (Lipinski definition) is 4. The van der Waals surface area contributed by atoms with Gasteiger partial charge >= 0.3 is 0 Å². The lowest BCUT2D eigenvalue weighted by molar-refractivity contribution is 0.00911. The maximum absolute atomic E-state index is 14.0. The van der Waals surface area contributed by atoms with E-state index in [1.54, 1.807) is 25.3 Å². The molecule has 1 atom stereocenters. The highest BCUT2D eigenvalue weighted by Crippen LogP contribution is 2.47. The molecule has 41 heavy (non-hydrogen) atoms. The van der Waals surface area contributed by atoms with Gasteiger partial charge in [-0.1, -0.05) is 26.8 Å². The predicted octanol–water partition coefficient (Wildman–Crippen LogP) is 6.00. The van der Waals surface area contributed by atoms with Crippen molar-refractivity contribution in [2.45, 2.75) is 58.5 Å². The maximum Gasteiger partial charge on any atom is 0.262 e. The van der Waals surface area contributed by atoms with Crippen LogP contribution in [0.5, 0.6) is 0 Å². The molecule has 5 rings (SSSR count). The Balaban J connectivity index is 1.61. The molecule has 3 aromatic rings. The van der Waals surface area contributed by atoms with Gasteiger partial charge in [-0.05, 0) is 60.6 Å². The molecule has 2 aromatic carbocycles. The van der Waals surface area contributed by atoms with Gasteiger partial charge in [-0.3, -0.25) is 9.99 Å². The number of alkyl halides is 2. The highest BCUT2D eigenvalue weighted by atomic mass is 19.3. The number of nitrogens with one attached hydrogen (secondary N) is 4. The van der Waals surface area contributed by atoms with Crippen LogP contribution >= 0.6 is 0 Å². The van der Waals surface area contributed by atoms with Gasteiger partial charge in [0.25, 0.3) is 6.43 Å². The van der Waals surface area contributed by atoms with Gasteiger partial charge in [0.1, 0.15) is 23.5 Å². The summed E-state index contributed by atoms with van der Waals surface area (Å²) in [5.41, 5.74) is 8.61. The van der Waals surface area contributed by atoms with Crippen molar-refractivity contribution in [2.24, 2.45) is 5.41 Å². The Kier molecular flexibility index (Phi) is 7.18. The van der Waals surface area contributed by atoms with Crippen molar-refractivity contribution >= 4 is 22.3 Å². The summed E-state index contributed by atoms with van der Waals surface area (Å²) in [4.78, 5) is 4.40. The fourth-order valence-corrected chi connectivity index (χ4v) is 4.96. The number of hydrogen-bond acceptors (Lipinski definition) is 8. The SMILES string of the molecule is Cc1cc(F)ccc1[C@H](Nc1cc(C#N)c2ncc(C#N)c(NCC(C)(C)C)c2c1)C1=CN(C2(C(F)F)CC2)NN1. The summed E-state index contributed by atoms with van der Waals surface area (Å²) < 4.78 is 41.7. The standard InChI is InChI=1S/C30H31F3N8/c1-17-9-20(31)5-6-22(17)27(24-15-41(40-39-24)30(7-8-30)28(32)33)38-21-10-18(12-34)25-23(11-21)26(19(13-35)14-36-25)37-16-29(2,3)4/h5-6,9-11,14-15,27-28,38-40H,7-8,16H2,1-4H3,(H,36,37)/t27-/m0/s1. The number of pyridine rings is 1. The van der Waals surface area contributed by atoms with E-state index in [1.165, 1.54) is 23.3 Å². The predicted molar refractivity (Wildman–Crippen MR) is 151 cm³/mol. The highest BCUT2D eigenvalue weighted by molar-refractivity contribution is 5.99. The number of hydrazine groups is 2. The number of nitriles is 2. The Morgan fingerprint density at radius 2 is 1.85 bits per heavy atom. The molecule has 4 N–H and O–H groups in total. The Morgan fingerprint density at radius 3 is 2.46 bits per heavy atom. The van der Waals surface area contributed by atoms with E-state index in [-0.39, 0.29) is 5.41 Å². The largest absolute Gasteiger partial charge is 0.383 e. The number of halogens is 3. The molecule has 2 heterocycles. The van der Waals surface area contributed by atoms with E-state index < -0.39 is 23.8 Å². The monoisotopic (exact) mass is 560 g/mol. The smallest absolute Gasteiger partial charge is 0.262 e. The molecule has 0 radical (unpaired) electrons. The van der Waals surface area contributed by atoms with Crippen molar-refractivity contribution < 1.29 is 13.2 Å². The fourth-order valence-electron chi connectivity index (χ4n) is 4.96. The molecule has 2 aliphatic rings. The third kappa shape index (κ3) is 5.46. The molecule has 212 valence electrons. The topological polar surface area (TPSA) is 112 Å². The summed E-state index contributed by atoms with van der Waals surface area (Å²) in [6.45, 7) is 8.55. The van der Waals surface area contributed by atoms with Crippen LogP contribution in [0.1, 0.15) is 61.9 Å². The first-order valence-electron chi connectivity index (χ1n) is 13.3. The van der Waals surface area contributed by atoms with E-state index >= 15 is 0 Å². The third-order valence-electron chi connectivity index (χ3n) is 7.41. The maximum atomic E-state index is 14.0. The van der Waals surface area contributed by atoms with Crippen LogP contribution in [0.15, 0.2) is 48.4 Å². The average Bonchev–Trinajstić information content (AvgIpc) is 3.60. The normalized spacial score (nSPS) is 16.5. The van der Waals surface area contributed by atoms with Gasteiger partial charge in [-0.25, -0.2) is 13.2 Å². The van der Waals surface area contributed by atoms with Crippen LogP contribution in [0.25, 0.3) is 10.9 Å². The van der Waals surface area contributed by atoms with Crippen LogP contribution in [0.2, 0.25) is 0 Å². The molecule has 0 spiro atoms. The van der Waals surface area contributed by atoms with Crippen LogP contribution in [0, 0.1) is 40.8 Å². The van der Waals surface area contributed by atoms with Crippen LogP contribution in [-0.2, 0) is 0 Å². The molecule has 1 aromatic heterocycles. The summed E-state index contributed by atoms with van der Waals surface area (Å²) in [6, 6.07) is 11.6. The molecule has 1 fully saturated rings. The van der Waals surface area contributed by atoms with Crippen molar-refractivity contribution in [3.8, 4) is 12.1 Å². The van der Waals surface area contributed by atoms with E-state index in [2.05, 4.69) is 59.5 Å². The van der Waals surface area contributed by atoms with Crippen molar-refractivity contribution in [1.82, 2.24) is 21.0 Å². The number of aryl methyl sites for hydroxylation is 1. The second-order valence-corrected chi connectivity index (χ2v) is 11.8. The summed E-state index contributed by atoms with van der Waals surface area (Å²) >= 11 is 0. The fraction of sp³-hybridized carbons (Fsp3) is 0.367. The van der Waals surface area contributed by atoms with Crippen molar-refractivity contribution in [3.63, 3.8) is 0 Å². The van der Waals surface area contributed by atoms with Crippen molar-refractivity contribution in [1.29, 1.82) is 10.5 Å². The molecule has 1 aliphatic carbocycles. The summed E-state index contributed by atoms with van der Waals surface area (Å²) in [6.07, 6.45) is 1.23. The first-order chi connectivity index (χ1) is 19.5. The van der Waals surface area contributed by atoms with Crippen LogP contribution in [-0.4, -0.2) is 28.5 Å². The second-order valence-electron chi connectivity index (χ2n) is 11.8. The van der Waals surface area contributed by atoms with Gasteiger partial charge in [0.15, 0.2) is 0 Å². The third-order valence-corrected chi connectivity index (χ3v) is 7.41. The van der Waals surface area contributed by atoms with Gasteiger partial charge in [-0.2, -0.15) is 10.5 Å². The number of benzene rings is 2. The Labute approximate surface area is 236 Å². The Bertz CT molecular complexity index is 1610. The van der Waals surface area contributed by atoms with Crippen molar-refractivity contribution in [3.05, 3.63) is 76.5 Å². The number of nitrogens with zero attached hydrogens (tertiary/aromatic N) is 4. The first-order valence-corrected chi connectivity index (χ1v) is 13.3. The molecule has 0 unspecified atom stereocenters. The number of anilines is 2. The zero-order valence-corrected chi connectivity index (χ0v) is 23.2. The molecular weight excluding hydrogens is 529 g/mol. The quantitative estimate of drug-likeness (QED) is 0.265. The molecule has 0 bridgehead atoms. The zero-order valence-electron chi connectivity index (χ0n) is 23.2. The van der Waals surface area contributed by atoms with Crippen molar-refractivity contribution in [2.75, 3.05) is 17.2 Å². The second kappa shape index (κ2) is 10.5. The van der Waals surface area contributed by atoms with Gasteiger partial charge in [-0.15, -0.1) is 5.53 Å². The lowest BCUT2D eigenvalue weighted by Crippen LogP contribution is -2.48. The summed E-state index contributed by atoms with van der Waals surface area (Å²) in [5, 5.41) is 28.6. The molecule has 1 aliphatic heterocycles. The van der Waals surface area contributed by atoms with E-state index in [9.17, 15) is 23.7 Å². The van der Waals surface area contributed by atoms with Gasteiger partial charge in [0, 0.05) is 30.0 Å². The van der Waals surface area contributed by atoms with Gasteiger partial charge < -0.3 is 16.1 Å². The molecule has 8 nitrogen and oxygen atoms in total. The minimum Gasteiger partial charge on any atom is -0.383 e. The van der Waals surface area contributed by atoms with E-state index in [1.807, 2.05) is 6.07 Å². The molecule has 0 saturated heterocycles. The number of rotatable bonds is 8. The summed E-state index contributed by atoms with van der Waals surface area (Å²) in [5.74, 6) is -0.394. The number of aromatic nitrogens is 1. The zero-order chi connectivity index (χ0) is 29.5. The minimum atomic E-state index is -2.54. The van der Waals surface area contributed by atoms with E-state index in [0.717, 1.165) is 0 Å². The lowest BCUT2D eigenvalue weighted by Gasteiger charge is -2.25. The van der Waals surface area contributed by atoms with Gasteiger partial charge in [0.05, 0.1) is 34.1 Å². The lowest BCUT2D eigenvalue weighted by atomic mass is 9.96. The molecule has 1 saturated carbocycles. The highest BCUT2D eigenvalue weighted by Gasteiger charge is 2.56. The first kappa shape index (κ1) is 28.1. The molecular formula is C30H31F3N8. The van der Waals surface area contributed by atoms with E-state index in [4.69, 9.17) is 0 Å². The van der Waals surface area contributed by atoms with Crippen LogP contribution < -0.4 is 21.6 Å². The number of fused-ring (bicyclic) bond motifs is 1. The van der Waals surface area contributed by atoms with Crippen LogP contribution in [0.4, 0.5) is 24.5 Å². The Morgan fingerprint density at radius 1 is 1.12 bits per heavy atom. The van der Waals surface area contributed by atoms with Crippen LogP contribution in [0.3, 0.4) is 0 Å².